The molecular weight excluding hydrogens is 997 g/mol. The molecule has 4 heterocycles. The van der Waals surface area contributed by atoms with Crippen LogP contribution in [-0.2, 0) is 28.4 Å². The lowest BCUT2D eigenvalue weighted by Crippen LogP contribution is -2.62. The number of unbranched alkanes of at least 4 members (excludes halogenated alkanes) is 3. The van der Waals surface area contributed by atoms with Gasteiger partial charge in [0.2, 0.25) is 0 Å². The number of aliphatic hydroxyl groups is 8. The molecule has 28 heteroatoms. The minimum absolute atomic E-state index is 0.0227. The number of nitrogens with one attached hydrogen (secondary N) is 4. The normalized spacial score (nSPS) is 35.6. The Balaban J connectivity index is 1.05. The van der Waals surface area contributed by atoms with Gasteiger partial charge in [-0.25, -0.2) is 0 Å². The van der Waals surface area contributed by atoms with Crippen LogP contribution in [0.5, 0.6) is 0 Å². The number of nitrogens with zero attached hydrogens (tertiary/aromatic N) is 1. The Labute approximate surface area is 430 Å². The van der Waals surface area contributed by atoms with Crippen LogP contribution in [0.25, 0.3) is 0 Å². The zero-order valence-electron chi connectivity index (χ0n) is 39.9. The second-order valence-corrected chi connectivity index (χ2v) is 21.1. The molecule has 22 N–H and O–H groups in total. The van der Waals surface area contributed by atoms with Crippen LogP contribution < -0.4 is 49.9 Å². The fourth-order valence-electron chi connectivity index (χ4n) is 8.70. The van der Waals surface area contributed by atoms with Crippen molar-refractivity contribution in [1.82, 2.24) is 26.2 Å². The maximum atomic E-state index is 10.6. The van der Waals surface area contributed by atoms with Gasteiger partial charge in [-0.15, -0.1) is 0 Å². The zero-order chi connectivity index (χ0) is 51.2. The van der Waals surface area contributed by atoms with Crippen LogP contribution in [0.3, 0.4) is 0 Å². The van der Waals surface area contributed by atoms with Gasteiger partial charge in [-0.2, -0.15) is 23.5 Å². The van der Waals surface area contributed by atoms with Crippen molar-refractivity contribution in [3.8, 4) is 0 Å². The van der Waals surface area contributed by atoms with Crippen LogP contribution in [0.2, 0.25) is 0 Å². The van der Waals surface area contributed by atoms with E-state index >= 15 is 0 Å². The second-order valence-electron chi connectivity index (χ2n) is 18.0. The maximum absolute atomic E-state index is 10.6. The van der Waals surface area contributed by atoms with Gasteiger partial charge in [0.15, 0.2) is 35.4 Å². The van der Waals surface area contributed by atoms with E-state index in [1.807, 2.05) is 0 Å². The highest BCUT2D eigenvalue weighted by Gasteiger charge is 2.51. The molecule has 14 unspecified atom stereocenters. The molecular formula is C42H84N10O14S4. The first-order valence-electron chi connectivity index (χ1n) is 24.4. The monoisotopic (exact) mass is 1080 g/mol. The number of ether oxygens (including phenoxy) is 6. The smallest absolute Gasteiger partial charge is 0.184 e. The van der Waals surface area contributed by atoms with Crippen LogP contribution >= 0.6 is 48.0 Å². The van der Waals surface area contributed by atoms with Crippen molar-refractivity contribution in [1.29, 1.82) is 0 Å². The minimum Gasteiger partial charge on any atom is -0.396 e. The van der Waals surface area contributed by atoms with E-state index < -0.39 is 123 Å². The fraction of sp³-hybridized carbons (Fsp3) is 0.952. The molecule has 0 bridgehead atoms. The van der Waals surface area contributed by atoms with Crippen molar-refractivity contribution < 1.29 is 69.3 Å². The summed E-state index contributed by atoms with van der Waals surface area (Å²) in [5.41, 5.74) is 29.7. The molecule has 18 atom stereocenters. The van der Waals surface area contributed by atoms with E-state index in [0.717, 1.165) is 64.7 Å². The Hall–Kier alpha value is -0.720. The highest BCUT2D eigenvalue weighted by Crippen LogP contribution is 2.33. The fourth-order valence-corrected chi connectivity index (χ4v) is 10.9. The molecule has 0 spiro atoms. The third-order valence-corrected chi connectivity index (χ3v) is 15.6. The maximum Gasteiger partial charge on any atom is 0.184 e. The van der Waals surface area contributed by atoms with E-state index in [-0.39, 0.29) is 13.1 Å². The molecule has 0 aromatic heterocycles. The van der Waals surface area contributed by atoms with Gasteiger partial charge in [0.25, 0.3) is 0 Å². The van der Waals surface area contributed by atoms with Crippen molar-refractivity contribution in [2.24, 2.45) is 40.5 Å². The number of hydrogen-bond acceptors (Lipinski definition) is 24. The van der Waals surface area contributed by atoms with Gasteiger partial charge in [0.1, 0.15) is 24.4 Å². The number of aliphatic hydroxyl groups excluding tert-OH is 8. The summed E-state index contributed by atoms with van der Waals surface area (Å²) < 4.78 is 34.7. The second kappa shape index (κ2) is 33.3. The summed E-state index contributed by atoms with van der Waals surface area (Å²) in [6.45, 7) is 5.24. The number of nitrogens with two attached hydrogens (primary N) is 5. The SMILES string of the molecule is NCCCCCN(CCCCNC(=S)NCCSCC1OC(O)C(O)C1O[C@H]1OC(CN)[C@@H](O)C(CO)C1N)CCCNC(=S)NCCSCC1OC(O)C(O)C1O[C@H]1OC(CN)[C@@H](O)C(CO)C1N. The molecule has 4 aliphatic rings. The molecule has 0 radical (unpaired) electrons. The van der Waals surface area contributed by atoms with Crippen LogP contribution in [0.15, 0.2) is 0 Å². The van der Waals surface area contributed by atoms with Gasteiger partial charge in [-0.3, -0.25) is 0 Å². The predicted octanol–water partition coefficient (Wildman–Crippen LogP) is -6.13. The Bertz CT molecular complexity index is 1480. The molecule has 0 aromatic carbocycles. The molecule has 0 aliphatic carbocycles. The summed E-state index contributed by atoms with van der Waals surface area (Å²) in [6.07, 6.45) is -8.86. The lowest BCUT2D eigenvalue weighted by atomic mass is 9.88. The van der Waals surface area contributed by atoms with Crippen molar-refractivity contribution in [3.05, 3.63) is 0 Å². The molecule has 4 saturated heterocycles. The van der Waals surface area contributed by atoms with Gasteiger partial charge in [-0.05, 0) is 82.7 Å². The first-order chi connectivity index (χ1) is 33.7. The number of rotatable bonds is 32. The summed E-state index contributed by atoms with van der Waals surface area (Å²) in [5, 5.41) is 96.3. The van der Waals surface area contributed by atoms with Gasteiger partial charge in [0.05, 0.1) is 61.9 Å². The first-order valence-corrected chi connectivity index (χ1v) is 27.6. The van der Waals surface area contributed by atoms with Gasteiger partial charge < -0.3 is 124 Å². The van der Waals surface area contributed by atoms with E-state index in [2.05, 4.69) is 26.2 Å². The van der Waals surface area contributed by atoms with E-state index in [4.69, 9.17) is 81.5 Å². The largest absolute Gasteiger partial charge is 0.396 e. The molecule has 70 heavy (non-hydrogen) atoms. The predicted molar refractivity (Wildman–Crippen MR) is 273 cm³/mol. The minimum atomic E-state index is -1.46. The summed E-state index contributed by atoms with van der Waals surface area (Å²) in [7, 11) is 0. The Morgan fingerprint density at radius 2 is 0.943 bits per heavy atom. The van der Waals surface area contributed by atoms with E-state index in [9.17, 15) is 40.9 Å². The van der Waals surface area contributed by atoms with Crippen LogP contribution in [0.4, 0.5) is 0 Å². The molecule has 24 nitrogen and oxygen atoms in total. The quantitative estimate of drug-likeness (QED) is 0.0220. The molecule has 4 rings (SSSR count). The first kappa shape index (κ1) is 61.8. The summed E-state index contributed by atoms with van der Waals surface area (Å²) >= 11 is 14.1. The van der Waals surface area contributed by atoms with Crippen molar-refractivity contribution >= 4 is 58.2 Å². The van der Waals surface area contributed by atoms with Gasteiger partial charge in [-0.1, -0.05) is 6.42 Å². The van der Waals surface area contributed by atoms with Crippen LogP contribution in [0, 0.1) is 11.8 Å². The average molecular weight is 1080 g/mol. The van der Waals surface area contributed by atoms with Crippen molar-refractivity contribution in [3.63, 3.8) is 0 Å². The summed E-state index contributed by atoms with van der Waals surface area (Å²) in [4.78, 5) is 2.47. The third kappa shape index (κ3) is 19.1. The Morgan fingerprint density at radius 3 is 1.37 bits per heavy atom. The lowest BCUT2D eigenvalue weighted by molar-refractivity contribution is -0.272. The van der Waals surface area contributed by atoms with E-state index in [1.165, 1.54) is 23.5 Å². The Kier molecular flexibility index (Phi) is 29.4. The highest BCUT2D eigenvalue weighted by molar-refractivity contribution is 7.99. The van der Waals surface area contributed by atoms with Crippen LogP contribution in [0.1, 0.15) is 38.5 Å². The molecule has 0 amide bonds. The number of thioether (sulfide) groups is 2. The van der Waals surface area contributed by atoms with Crippen molar-refractivity contribution in [2.45, 2.75) is 137 Å². The lowest BCUT2D eigenvalue weighted by Gasteiger charge is -2.43. The van der Waals surface area contributed by atoms with Gasteiger partial charge >= 0.3 is 0 Å². The highest BCUT2D eigenvalue weighted by atomic mass is 32.2. The standard InChI is InChI=1S/C42H84N10O14S4/c43-7-2-1-4-12-52(14-6-9-49-42(68)51-11-16-70-22-28-36(34(58)38(60)62-28)66-40-30(47)24(20-54)32(56)26(18-45)64-40)13-5-3-8-48-41(67)50-10-15-69-21-27-35(33(57)37(59)61-27)65-39-29(46)23(19-53)31(55)25(17-44)63-39/h23-40,53-60H,1-22,43-47H2,(H2,48,50,67)(H2,49,51,68)/t23?,24?,25?,26?,27?,28?,29?,30?,31-,32-,33?,34?,35?,36?,37?,38?,39+,40+/m0/s1. The zero-order valence-corrected chi connectivity index (χ0v) is 43.2. The van der Waals surface area contributed by atoms with Gasteiger partial charge in [0, 0.05) is 74.1 Å². The number of thiocarbonyl (C=S) groups is 2. The number of hydrogen-bond donors (Lipinski definition) is 17. The molecule has 0 saturated carbocycles. The summed E-state index contributed by atoms with van der Waals surface area (Å²) in [5.74, 6) is 0.603. The average Bonchev–Trinajstić information content (AvgIpc) is 3.76. The van der Waals surface area contributed by atoms with E-state index in [1.54, 1.807) is 0 Å². The molecule has 4 aliphatic heterocycles. The Morgan fingerprint density at radius 1 is 0.529 bits per heavy atom. The molecule has 4 fully saturated rings. The molecule has 0 aromatic rings. The third-order valence-electron chi connectivity index (χ3n) is 12.9. The van der Waals surface area contributed by atoms with Crippen molar-refractivity contribution in [2.75, 3.05) is 102 Å². The molecule has 410 valence electrons. The van der Waals surface area contributed by atoms with Crippen LogP contribution in [-0.4, -0.2) is 256 Å². The summed E-state index contributed by atoms with van der Waals surface area (Å²) in [6, 6.07) is -1.79. The topological polar surface area (TPSA) is 399 Å². The van der Waals surface area contributed by atoms with E-state index in [0.29, 0.717) is 59.4 Å².